The molecule has 1 fully saturated rings. The molecule has 6 nitrogen and oxygen atoms in total. The quantitative estimate of drug-likeness (QED) is 0.599. The number of alkyl carbamates (subject to hydrolysis) is 1. The molecule has 1 aliphatic heterocycles. The highest BCUT2D eigenvalue weighted by atomic mass is 19.1. The molecular formula is C20H30BFN2O4. The van der Waals surface area contributed by atoms with Crippen molar-refractivity contribution in [1.29, 1.82) is 0 Å². The molecule has 0 aliphatic carbocycles. The van der Waals surface area contributed by atoms with Gasteiger partial charge in [-0.15, -0.1) is 0 Å². The van der Waals surface area contributed by atoms with E-state index >= 15 is 0 Å². The van der Waals surface area contributed by atoms with E-state index in [-0.39, 0.29) is 6.54 Å². The van der Waals surface area contributed by atoms with E-state index in [2.05, 4.69) is 5.32 Å². The number of nitrogen functional groups attached to an aromatic ring is 1. The van der Waals surface area contributed by atoms with Crippen LogP contribution >= 0.6 is 0 Å². The van der Waals surface area contributed by atoms with E-state index in [9.17, 15) is 9.18 Å². The Hall–Kier alpha value is -2.06. The maximum absolute atomic E-state index is 13.7. The molecule has 0 aromatic heterocycles. The van der Waals surface area contributed by atoms with Gasteiger partial charge in [-0.25, -0.2) is 9.18 Å². The second-order valence-electron chi connectivity index (χ2n) is 8.94. The van der Waals surface area contributed by atoms with Crippen molar-refractivity contribution in [3.05, 3.63) is 35.1 Å². The van der Waals surface area contributed by atoms with Crippen LogP contribution in [0.25, 0.3) is 6.08 Å². The van der Waals surface area contributed by atoms with Gasteiger partial charge in [0.2, 0.25) is 0 Å². The Balaban J connectivity index is 2.30. The molecule has 0 spiro atoms. The summed E-state index contributed by atoms with van der Waals surface area (Å²) >= 11 is 0. The lowest BCUT2D eigenvalue weighted by Gasteiger charge is -2.32. The van der Waals surface area contributed by atoms with Gasteiger partial charge in [-0.05, 0) is 77.7 Å². The molecule has 1 saturated heterocycles. The summed E-state index contributed by atoms with van der Waals surface area (Å²) < 4.78 is 31.1. The molecule has 1 heterocycles. The number of rotatable bonds is 4. The average molecular weight is 392 g/mol. The van der Waals surface area contributed by atoms with E-state index < -0.39 is 35.8 Å². The molecule has 0 radical (unpaired) electrons. The highest BCUT2D eigenvalue weighted by Gasteiger charge is 2.52. The molecule has 3 N–H and O–H groups in total. The summed E-state index contributed by atoms with van der Waals surface area (Å²) in [4.78, 5) is 12.1. The van der Waals surface area contributed by atoms with Crippen molar-refractivity contribution in [2.45, 2.75) is 65.3 Å². The molecule has 0 unspecified atom stereocenters. The van der Waals surface area contributed by atoms with Crippen LogP contribution in [0.1, 0.15) is 54.0 Å². The average Bonchev–Trinajstić information content (AvgIpc) is 2.73. The number of hydrogen-bond donors (Lipinski definition) is 2. The van der Waals surface area contributed by atoms with Crippen molar-refractivity contribution in [2.24, 2.45) is 0 Å². The molecule has 1 aromatic rings. The lowest BCUT2D eigenvalue weighted by atomic mass is 9.77. The first-order chi connectivity index (χ1) is 12.7. The molecule has 28 heavy (non-hydrogen) atoms. The second-order valence-corrected chi connectivity index (χ2v) is 8.94. The number of nitrogens with one attached hydrogen (secondary N) is 1. The smallest absolute Gasteiger partial charge is 0.444 e. The molecule has 0 atom stereocenters. The van der Waals surface area contributed by atoms with E-state index in [1.54, 1.807) is 26.8 Å². The van der Waals surface area contributed by atoms with Gasteiger partial charge in [-0.1, -0.05) is 6.08 Å². The third-order valence-corrected chi connectivity index (χ3v) is 4.78. The van der Waals surface area contributed by atoms with Crippen molar-refractivity contribution < 1.29 is 23.2 Å². The zero-order valence-electron chi connectivity index (χ0n) is 17.7. The highest BCUT2D eigenvalue weighted by molar-refractivity contribution is 6.56. The third kappa shape index (κ3) is 5.48. The predicted molar refractivity (Wildman–Crippen MR) is 109 cm³/mol. The first kappa shape index (κ1) is 22.2. The Bertz CT molecular complexity index is 756. The number of anilines is 1. The molecule has 154 valence electrons. The SMILES string of the molecule is CC(C)(C)OC(=O)NCC(=Cc1cc(F)ccc1N)B1OC(C)(C)C(C)(C)O1. The molecule has 0 bridgehead atoms. The highest BCUT2D eigenvalue weighted by Crippen LogP contribution is 2.39. The van der Waals surface area contributed by atoms with Crippen LogP contribution in [0.5, 0.6) is 0 Å². The fourth-order valence-electron chi connectivity index (χ4n) is 2.56. The van der Waals surface area contributed by atoms with Crippen molar-refractivity contribution in [3.63, 3.8) is 0 Å². The van der Waals surface area contributed by atoms with Crippen LogP contribution in [0.15, 0.2) is 23.7 Å². The summed E-state index contributed by atoms with van der Waals surface area (Å²) in [6, 6.07) is 4.11. The summed E-state index contributed by atoms with van der Waals surface area (Å²) in [7, 11) is -0.720. The molecule has 1 amide bonds. The van der Waals surface area contributed by atoms with Gasteiger partial charge in [0.25, 0.3) is 0 Å². The van der Waals surface area contributed by atoms with Gasteiger partial charge in [0.1, 0.15) is 11.4 Å². The van der Waals surface area contributed by atoms with Crippen LogP contribution < -0.4 is 11.1 Å². The fourth-order valence-corrected chi connectivity index (χ4v) is 2.56. The number of amides is 1. The number of carbonyl (C=O) groups is 1. The first-order valence-corrected chi connectivity index (χ1v) is 9.28. The summed E-state index contributed by atoms with van der Waals surface area (Å²) in [6.07, 6.45) is 1.11. The van der Waals surface area contributed by atoms with Crippen molar-refractivity contribution in [1.82, 2.24) is 5.32 Å². The minimum atomic E-state index is -0.720. The van der Waals surface area contributed by atoms with Crippen LogP contribution in [-0.4, -0.2) is 36.6 Å². The van der Waals surface area contributed by atoms with E-state index in [4.69, 9.17) is 19.8 Å². The number of nitrogens with two attached hydrogens (primary N) is 1. The Labute approximate surface area is 166 Å². The Morgan fingerprint density at radius 3 is 2.36 bits per heavy atom. The Morgan fingerprint density at radius 1 is 1.25 bits per heavy atom. The van der Waals surface area contributed by atoms with E-state index in [0.29, 0.717) is 16.7 Å². The number of benzene rings is 1. The van der Waals surface area contributed by atoms with Gasteiger partial charge in [-0.2, -0.15) is 0 Å². The minimum absolute atomic E-state index is 0.0989. The van der Waals surface area contributed by atoms with Gasteiger partial charge in [0.15, 0.2) is 0 Å². The largest absolute Gasteiger partial charge is 0.492 e. The van der Waals surface area contributed by atoms with Crippen molar-refractivity contribution in [2.75, 3.05) is 12.3 Å². The third-order valence-electron chi connectivity index (χ3n) is 4.78. The maximum atomic E-state index is 13.7. The van der Waals surface area contributed by atoms with Crippen LogP contribution in [0.2, 0.25) is 0 Å². The summed E-state index contributed by atoms with van der Waals surface area (Å²) in [5.41, 5.74) is 5.73. The molecular weight excluding hydrogens is 362 g/mol. The lowest BCUT2D eigenvalue weighted by molar-refractivity contribution is 0.00578. The van der Waals surface area contributed by atoms with Gasteiger partial charge in [0.05, 0.1) is 11.2 Å². The zero-order valence-corrected chi connectivity index (χ0v) is 17.7. The number of hydrogen-bond acceptors (Lipinski definition) is 5. The fraction of sp³-hybridized carbons (Fsp3) is 0.550. The van der Waals surface area contributed by atoms with E-state index in [0.717, 1.165) is 0 Å². The van der Waals surface area contributed by atoms with Crippen molar-refractivity contribution in [3.8, 4) is 0 Å². The normalized spacial score (nSPS) is 18.9. The molecule has 2 rings (SSSR count). The lowest BCUT2D eigenvalue weighted by Crippen LogP contribution is -2.41. The maximum Gasteiger partial charge on any atom is 0.492 e. The summed E-state index contributed by atoms with van der Waals surface area (Å²) in [6.45, 7) is 13.2. The predicted octanol–water partition coefficient (Wildman–Crippen LogP) is 3.95. The molecule has 0 saturated carbocycles. The van der Waals surface area contributed by atoms with Crippen molar-refractivity contribution >= 4 is 25.0 Å². The zero-order chi connectivity index (χ0) is 21.3. The van der Waals surface area contributed by atoms with Gasteiger partial charge < -0.3 is 25.1 Å². The monoisotopic (exact) mass is 392 g/mol. The van der Waals surface area contributed by atoms with E-state index in [1.165, 1.54) is 18.2 Å². The van der Waals surface area contributed by atoms with E-state index in [1.807, 2.05) is 27.7 Å². The minimum Gasteiger partial charge on any atom is -0.444 e. The standard InChI is InChI=1S/C20H30BFN2O4/c1-18(2,3)26-17(25)24-12-14(10-13-11-15(22)8-9-16(13)23)21-27-19(4,5)20(6,7)28-21/h8-11H,12,23H2,1-7H3,(H,24,25). The molecule has 1 aliphatic rings. The van der Waals surface area contributed by atoms with Gasteiger partial charge in [0, 0.05) is 12.2 Å². The van der Waals surface area contributed by atoms with Gasteiger partial charge in [-0.3, -0.25) is 0 Å². The van der Waals surface area contributed by atoms with Crippen LogP contribution in [0.3, 0.4) is 0 Å². The number of halogens is 1. The summed E-state index contributed by atoms with van der Waals surface area (Å²) in [5.74, 6) is -0.409. The Kier molecular flexibility index (Phi) is 6.16. The number of ether oxygens (including phenoxy) is 1. The van der Waals surface area contributed by atoms with Crippen LogP contribution in [0, 0.1) is 5.82 Å². The first-order valence-electron chi connectivity index (χ1n) is 9.28. The van der Waals surface area contributed by atoms with Crippen LogP contribution in [0.4, 0.5) is 14.9 Å². The molecule has 1 aromatic carbocycles. The molecule has 8 heteroatoms. The second kappa shape index (κ2) is 7.76. The summed E-state index contributed by atoms with van der Waals surface area (Å²) in [5, 5.41) is 2.70. The number of carbonyl (C=O) groups excluding carboxylic acids is 1. The van der Waals surface area contributed by atoms with Crippen LogP contribution in [-0.2, 0) is 14.0 Å². The van der Waals surface area contributed by atoms with Gasteiger partial charge >= 0.3 is 13.2 Å². The topological polar surface area (TPSA) is 82.8 Å². The Morgan fingerprint density at radius 2 is 1.82 bits per heavy atom.